The Kier molecular flexibility index (Phi) is 2.81. The number of benzene rings is 1. The fourth-order valence-corrected chi connectivity index (χ4v) is 2.14. The normalized spacial score (nSPS) is 20.0. The number of hydrogen-bond donors (Lipinski definition) is 2. The summed E-state index contributed by atoms with van der Waals surface area (Å²) in [5.74, 6) is -1.37. The third-order valence-electron chi connectivity index (χ3n) is 3.07. The van der Waals surface area contributed by atoms with E-state index in [-0.39, 0.29) is 11.7 Å². The molecule has 0 amide bonds. The van der Waals surface area contributed by atoms with Crippen LogP contribution < -0.4 is 5.32 Å². The molecule has 2 rings (SSSR count). The van der Waals surface area contributed by atoms with Crippen LogP contribution >= 0.6 is 0 Å². The molecule has 1 aliphatic heterocycles. The summed E-state index contributed by atoms with van der Waals surface area (Å²) in [7, 11) is 0. The summed E-state index contributed by atoms with van der Waals surface area (Å²) in [4.78, 5) is 10.8. The van der Waals surface area contributed by atoms with Gasteiger partial charge in [0.25, 0.3) is 0 Å². The fraction of sp³-hybridized carbons (Fsp3) is 0.417. The zero-order valence-electron chi connectivity index (χ0n) is 9.03. The lowest BCUT2D eigenvalue weighted by molar-refractivity contribution is -0.141. The van der Waals surface area contributed by atoms with Crippen LogP contribution in [0.5, 0.6) is 0 Å². The zero-order chi connectivity index (χ0) is 11.7. The van der Waals surface area contributed by atoms with E-state index in [4.69, 9.17) is 5.11 Å². The molecule has 0 spiro atoms. The Hall–Kier alpha value is -1.58. The molecule has 4 heteroatoms. The summed E-state index contributed by atoms with van der Waals surface area (Å²) in [5.41, 5.74) is 1.43. The average Bonchev–Trinajstić information content (AvgIpc) is 2.63. The van der Waals surface area contributed by atoms with E-state index in [9.17, 15) is 9.18 Å². The summed E-state index contributed by atoms with van der Waals surface area (Å²) in [6.07, 6.45) is 0.540. The van der Waals surface area contributed by atoms with Gasteiger partial charge in [0, 0.05) is 12.5 Å². The van der Waals surface area contributed by atoms with Crippen LogP contribution in [-0.2, 0) is 4.79 Å². The van der Waals surface area contributed by atoms with Gasteiger partial charge in [-0.25, -0.2) is 4.39 Å². The highest BCUT2D eigenvalue weighted by Gasteiger charge is 2.27. The van der Waals surface area contributed by atoms with Crippen molar-refractivity contribution in [3.63, 3.8) is 0 Å². The minimum absolute atomic E-state index is 0.0943. The number of anilines is 1. The number of nitrogens with one attached hydrogen (secondary N) is 1. The summed E-state index contributed by atoms with van der Waals surface area (Å²) < 4.78 is 13.4. The van der Waals surface area contributed by atoms with Crippen molar-refractivity contribution in [2.45, 2.75) is 19.3 Å². The molecule has 86 valence electrons. The molecule has 0 saturated heterocycles. The van der Waals surface area contributed by atoms with Crippen molar-refractivity contribution in [3.05, 3.63) is 29.6 Å². The monoisotopic (exact) mass is 223 g/mol. The molecule has 1 aliphatic rings. The molecule has 3 nitrogen and oxygen atoms in total. The Labute approximate surface area is 93.3 Å². The SMILES string of the molecule is CC(CC1CNc2c(F)cccc21)C(=O)O. The molecule has 2 N–H and O–H groups in total. The molecule has 0 radical (unpaired) electrons. The van der Waals surface area contributed by atoms with Crippen LogP contribution in [0.15, 0.2) is 18.2 Å². The Morgan fingerprint density at radius 1 is 1.69 bits per heavy atom. The van der Waals surface area contributed by atoms with Crippen LogP contribution in [-0.4, -0.2) is 17.6 Å². The van der Waals surface area contributed by atoms with E-state index in [1.54, 1.807) is 13.0 Å². The van der Waals surface area contributed by atoms with Crippen molar-refractivity contribution in [1.29, 1.82) is 0 Å². The lowest BCUT2D eigenvalue weighted by Crippen LogP contribution is -2.14. The number of carboxylic acids is 1. The highest BCUT2D eigenvalue weighted by Crippen LogP contribution is 2.36. The maximum atomic E-state index is 13.4. The molecule has 0 aromatic heterocycles. The van der Waals surface area contributed by atoms with E-state index >= 15 is 0 Å². The number of para-hydroxylation sites is 1. The summed E-state index contributed by atoms with van der Waals surface area (Å²) in [6.45, 7) is 2.30. The Bertz CT molecular complexity index is 419. The third kappa shape index (κ3) is 1.87. The van der Waals surface area contributed by atoms with Gasteiger partial charge < -0.3 is 10.4 Å². The maximum Gasteiger partial charge on any atom is 0.306 e. The largest absolute Gasteiger partial charge is 0.481 e. The molecule has 16 heavy (non-hydrogen) atoms. The molecule has 0 fully saturated rings. The minimum Gasteiger partial charge on any atom is -0.481 e. The molecular formula is C12H14FNO2. The summed E-state index contributed by atoms with van der Waals surface area (Å²) in [6, 6.07) is 4.94. The quantitative estimate of drug-likeness (QED) is 0.827. The average molecular weight is 223 g/mol. The first-order valence-corrected chi connectivity index (χ1v) is 5.34. The highest BCUT2D eigenvalue weighted by molar-refractivity contribution is 5.70. The van der Waals surface area contributed by atoms with E-state index < -0.39 is 11.9 Å². The van der Waals surface area contributed by atoms with Crippen molar-refractivity contribution >= 4 is 11.7 Å². The van der Waals surface area contributed by atoms with Gasteiger partial charge in [-0.3, -0.25) is 4.79 Å². The van der Waals surface area contributed by atoms with E-state index in [0.717, 1.165) is 5.56 Å². The van der Waals surface area contributed by atoms with Gasteiger partial charge >= 0.3 is 5.97 Å². The second-order valence-corrected chi connectivity index (χ2v) is 4.26. The second kappa shape index (κ2) is 4.12. The molecule has 0 aliphatic carbocycles. The number of fused-ring (bicyclic) bond motifs is 1. The molecular weight excluding hydrogens is 209 g/mol. The van der Waals surface area contributed by atoms with Crippen molar-refractivity contribution in [3.8, 4) is 0 Å². The first-order chi connectivity index (χ1) is 7.59. The number of carboxylic acid groups (broad SMARTS) is 1. The van der Waals surface area contributed by atoms with Crippen LogP contribution in [0.2, 0.25) is 0 Å². The lowest BCUT2D eigenvalue weighted by atomic mass is 9.91. The van der Waals surface area contributed by atoms with E-state index in [2.05, 4.69) is 5.32 Å². The number of hydrogen-bond acceptors (Lipinski definition) is 2. The Morgan fingerprint density at radius 3 is 3.12 bits per heavy atom. The van der Waals surface area contributed by atoms with Crippen molar-refractivity contribution in [2.75, 3.05) is 11.9 Å². The number of carbonyl (C=O) groups is 1. The molecule has 1 aromatic rings. The Morgan fingerprint density at radius 2 is 2.44 bits per heavy atom. The summed E-state index contributed by atoms with van der Waals surface area (Å²) >= 11 is 0. The standard InChI is InChI=1S/C12H14FNO2/c1-7(12(15)16)5-8-6-14-11-9(8)3-2-4-10(11)13/h2-4,7-8,14H,5-6H2,1H3,(H,15,16). The number of halogens is 1. The van der Waals surface area contributed by atoms with Gasteiger partial charge in [0.15, 0.2) is 0 Å². The van der Waals surface area contributed by atoms with Crippen molar-refractivity contribution in [2.24, 2.45) is 5.92 Å². The van der Waals surface area contributed by atoms with Crippen LogP contribution in [0.25, 0.3) is 0 Å². The predicted molar refractivity (Wildman–Crippen MR) is 59.0 cm³/mol. The minimum atomic E-state index is -0.801. The lowest BCUT2D eigenvalue weighted by Gasteiger charge is -2.12. The fourth-order valence-electron chi connectivity index (χ4n) is 2.14. The predicted octanol–water partition coefficient (Wildman–Crippen LogP) is 2.45. The van der Waals surface area contributed by atoms with E-state index in [1.807, 2.05) is 6.07 Å². The van der Waals surface area contributed by atoms with Gasteiger partial charge in [-0.05, 0) is 18.1 Å². The molecule has 2 atom stereocenters. The van der Waals surface area contributed by atoms with E-state index in [1.165, 1.54) is 6.07 Å². The molecule has 2 unspecified atom stereocenters. The maximum absolute atomic E-state index is 13.4. The second-order valence-electron chi connectivity index (χ2n) is 4.26. The van der Waals surface area contributed by atoms with E-state index in [0.29, 0.717) is 18.7 Å². The smallest absolute Gasteiger partial charge is 0.306 e. The highest BCUT2D eigenvalue weighted by atomic mass is 19.1. The van der Waals surface area contributed by atoms with Gasteiger partial charge in [0.2, 0.25) is 0 Å². The van der Waals surface area contributed by atoms with Gasteiger partial charge in [0.05, 0.1) is 11.6 Å². The number of aliphatic carboxylic acids is 1. The van der Waals surface area contributed by atoms with Crippen LogP contribution in [0.4, 0.5) is 10.1 Å². The van der Waals surface area contributed by atoms with Gasteiger partial charge in [-0.2, -0.15) is 0 Å². The van der Waals surface area contributed by atoms with Gasteiger partial charge in [-0.15, -0.1) is 0 Å². The third-order valence-corrected chi connectivity index (χ3v) is 3.07. The topological polar surface area (TPSA) is 49.3 Å². The molecule has 0 bridgehead atoms. The molecule has 1 heterocycles. The number of rotatable bonds is 3. The Balaban J connectivity index is 2.18. The van der Waals surface area contributed by atoms with Crippen molar-refractivity contribution in [1.82, 2.24) is 0 Å². The van der Waals surface area contributed by atoms with Gasteiger partial charge in [-0.1, -0.05) is 19.1 Å². The van der Waals surface area contributed by atoms with Crippen LogP contribution in [0.3, 0.4) is 0 Å². The molecule has 0 saturated carbocycles. The van der Waals surface area contributed by atoms with Gasteiger partial charge in [0.1, 0.15) is 5.82 Å². The molecule has 1 aromatic carbocycles. The van der Waals surface area contributed by atoms with Crippen molar-refractivity contribution < 1.29 is 14.3 Å². The zero-order valence-corrected chi connectivity index (χ0v) is 9.03. The summed E-state index contributed by atoms with van der Waals surface area (Å²) in [5, 5.41) is 11.8. The first-order valence-electron chi connectivity index (χ1n) is 5.34. The van der Waals surface area contributed by atoms with Crippen LogP contribution in [0.1, 0.15) is 24.8 Å². The van der Waals surface area contributed by atoms with Crippen LogP contribution in [0, 0.1) is 11.7 Å². The first kappa shape index (κ1) is 10.9.